The number of carboxylic acid groups (broad SMARTS) is 1. The molecule has 1 aromatic rings. The number of carbonyl (C=O) groups is 1. The molecule has 0 bridgehead atoms. The molecule has 0 unspecified atom stereocenters. The van der Waals surface area contributed by atoms with Gasteiger partial charge in [-0.2, -0.15) is 0 Å². The van der Waals surface area contributed by atoms with E-state index in [-0.39, 0.29) is 6.54 Å². The number of benzene rings is 1. The lowest BCUT2D eigenvalue weighted by Gasteiger charge is -2.05. The van der Waals surface area contributed by atoms with E-state index in [4.69, 9.17) is 10.8 Å². The number of sulfonamides is 1. The average Bonchev–Trinajstić information content (AvgIpc) is 2.26. The molecule has 0 aliphatic heterocycles. The van der Waals surface area contributed by atoms with Crippen LogP contribution in [0.2, 0.25) is 0 Å². The van der Waals surface area contributed by atoms with Crippen LogP contribution >= 0.6 is 0 Å². The summed E-state index contributed by atoms with van der Waals surface area (Å²) in [4.78, 5) is 10.3. The van der Waals surface area contributed by atoms with Gasteiger partial charge in [0.15, 0.2) is 0 Å². The van der Waals surface area contributed by atoms with Crippen molar-refractivity contribution in [3.05, 3.63) is 29.8 Å². The molecule has 0 fully saturated rings. The average molecular weight is 258 g/mol. The maximum Gasteiger partial charge on any atom is 0.304 e. The topological polar surface area (TPSA) is 109 Å². The molecule has 0 aliphatic rings. The van der Waals surface area contributed by atoms with Crippen LogP contribution in [0.3, 0.4) is 0 Å². The second-order valence-corrected chi connectivity index (χ2v) is 5.45. The fourth-order valence-corrected chi connectivity index (χ4v) is 2.10. The number of hydrogen-bond donors (Lipinski definition) is 3. The van der Waals surface area contributed by atoms with Gasteiger partial charge in [-0.05, 0) is 17.7 Å². The number of nitrogens with two attached hydrogens (primary N) is 1. The van der Waals surface area contributed by atoms with Gasteiger partial charge in [0.1, 0.15) is 0 Å². The molecule has 0 heterocycles. The molecule has 0 atom stereocenters. The van der Waals surface area contributed by atoms with Crippen LogP contribution in [0.4, 0.5) is 5.69 Å². The molecule has 0 radical (unpaired) electrons. The van der Waals surface area contributed by atoms with Crippen LogP contribution in [0, 0.1) is 0 Å². The van der Waals surface area contributed by atoms with Crippen molar-refractivity contribution in [3.63, 3.8) is 0 Å². The minimum Gasteiger partial charge on any atom is -0.481 e. The summed E-state index contributed by atoms with van der Waals surface area (Å²) in [6.45, 7) is 0.127. The molecule has 1 aromatic carbocycles. The van der Waals surface area contributed by atoms with Crippen LogP contribution in [0.25, 0.3) is 0 Å². The van der Waals surface area contributed by atoms with Crippen molar-refractivity contribution in [1.82, 2.24) is 4.72 Å². The molecule has 17 heavy (non-hydrogen) atoms. The van der Waals surface area contributed by atoms with Crippen molar-refractivity contribution >= 4 is 21.7 Å². The summed E-state index contributed by atoms with van der Waals surface area (Å²) in [6, 6.07) is 6.74. The lowest BCUT2D eigenvalue weighted by molar-refractivity contribution is -0.136. The Kier molecular flexibility index (Phi) is 4.47. The summed E-state index contributed by atoms with van der Waals surface area (Å²) < 4.78 is 25.1. The first-order chi connectivity index (χ1) is 7.89. The molecular formula is C10H14N2O4S. The van der Waals surface area contributed by atoms with Gasteiger partial charge in [-0.15, -0.1) is 0 Å². The summed E-state index contributed by atoms with van der Waals surface area (Å²) in [5, 5.41) is 8.39. The molecule has 0 aromatic heterocycles. The summed E-state index contributed by atoms with van der Waals surface area (Å²) >= 11 is 0. The number of hydrogen-bond acceptors (Lipinski definition) is 4. The van der Waals surface area contributed by atoms with Gasteiger partial charge in [-0.1, -0.05) is 12.1 Å². The molecular weight excluding hydrogens is 244 g/mol. The highest BCUT2D eigenvalue weighted by Crippen LogP contribution is 2.05. The smallest absolute Gasteiger partial charge is 0.304 e. The molecule has 6 nitrogen and oxygen atoms in total. The van der Waals surface area contributed by atoms with Crippen molar-refractivity contribution in [2.24, 2.45) is 0 Å². The Hall–Kier alpha value is -1.60. The Morgan fingerprint density at radius 1 is 1.29 bits per heavy atom. The predicted octanol–water partition coefficient (Wildman–Crippen LogP) is 0.163. The van der Waals surface area contributed by atoms with E-state index in [1.54, 1.807) is 24.3 Å². The third-order valence-electron chi connectivity index (χ3n) is 2.06. The van der Waals surface area contributed by atoms with Gasteiger partial charge in [0.05, 0.1) is 12.2 Å². The highest BCUT2D eigenvalue weighted by Gasteiger charge is 2.12. The lowest BCUT2D eigenvalue weighted by atomic mass is 10.2. The van der Waals surface area contributed by atoms with Crippen molar-refractivity contribution in [1.29, 1.82) is 0 Å². The van der Waals surface area contributed by atoms with Crippen LogP contribution in [-0.4, -0.2) is 25.2 Å². The van der Waals surface area contributed by atoms with Crippen LogP contribution < -0.4 is 10.5 Å². The molecule has 94 valence electrons. The highest BCUT2D eigenvalue weighted by atomic mass is 32.2. The van der Waals surface area contributed by atoms with E-state index in [1.165, 1.54) is 0 Å². The van der Waals surface area contributed by atoms with Gasteiger partial charge in [-0.25, -0.2) is 13.1 Å². The monoisotopic (exact) mass is 258 g/mol. The molecule has 7 heteroatoms. The number of nitrogen functional groups attached to an aromatic ring is 1. The molecule has 1 rings (SSSR count). The number of carboxylic acids is 1. The van der Waals surface area contributed by atoms with Gasteiger partial charge >= 0.3 is 5.97 Å². The zero-order valence-electron chi connectivity index (χ0n) is 9.09. The zero-order valence-corrected chi connectivity index (χ0v) is 9.90. The third kappa shape index (κ3) is 5.32. The first-order valence-electron chi connectivity index (χ1n) is 4.92. The second kappa shape index (κ2) is 5.65. The SMILES string of the molecule is Nc1ccc(CNS(=O)(=O)CCC(=O)O)cc1. The van der Waals surface area contributed by atoms with E-state index in [0.29, 0.717) is 5.69 Å². The van der Waals surface area contributed by atoms with Crippen LogP contribution in [-0.2, 0) is 21.4 Å². The van der Waals surface area contributed by atoms with Gasteiger partial charge in [0.25, 0.3) is 0 Å². The van der Waals surface area contributed by atoms with Gasteiger partial charge < -0.3 is 10.8 Å². The van der Waals surface area contributed by atoms with E-state index in [2.05, 4.69) is 4.72 Å². The Morgan fingerprint density at radius 2 is 1.88 bits per heavy atom. The fourth-order valence-electron chi connectivity index (χ4n) is 1.12. The van der Waals surface area contributed by atoms with Crippen LogP contribution in [0.1, 0.15) is 12.0 Å². The Morgan fingerprint density at radius 3 is 2.41 bits per heavy atom. The molecule has 0 amide bonds. The predicted molar refractivity (Wildman–Crippen MR) is 63.7 cm³/mol. The largest absolute Gasteiger partial charge is 0.481 e. The maximum absolute atomic E-state index is 11.4. The zero-order chi connectivity index (χ0) is 12.9. The van der Waals surface area contributed by atoms with E-state index in [9.17, 15) is 13.2 Å². The minimum atomic E-state index is -3.55. The van der Waals surface area contributed by atoms with Gasteiger partial charge in [0, 0.05) is 12.2 Å². The van der Waals surface area contributed by atoms with Gasteiger partial charge in [0.2, 0.25) is 10.0 Å². The van der Waals surface area contributed by atoms with Crippen LogP contribution in [0.5, 0.6) is 0 Å². The first kappa shape index (κ1) is 13.5. The lowest BCUT2D eigenvalue weighted by Crippen LogP contribution is -2.27. The second-order valence-electron chi connectivity index (χ2n) is 3.53. The maximum atomic E-state index is 11.4. The summed E-state index contributed by atoms with van der Waals surface area (Å²) in [7, 11) is -3.55. The van der Waals surface area contributed by atoms with Crippen molar-refractivity contribution in [3.8, 4) is 0 Å². The van der Waals surface area contributed by atoms with E-state index in [0.717, 1.165) is 5.56 Å². The van der Waals surface area contributed by atoms with Gasteiger partial charge in [-0.3, -0.25) is 4.79 Å². The summed E-state index contributed by atoms with van der Waals surface area (Å²) in [6.07, 6.45) is -0.406. The number of rotatable bonds is 6. The summed E-state index contributed by atoms with van der Waals surface area (Å²) in [5.74, 6) is -1.56. The van der Waals surface area contributed by atoms with Crippen molar-refractivity contribution in [2.75, 3.05) is 11.5 Å². The number of aliphatic carboxylic acids is 1. The highest BCUT2D eigenvalue weighted by molar-refractivity contribution is 7.89. The van der Waals surface area contributed by atoms with E-state index >= 15 is 0 Å². The standard InChI is InChI=1S/C10H14N2O4S/c11-9-3-1-8(2-4-9)7-12-17(15,16)6-5-10(13)14/h1-4,12H,5-7,11H2,(H,13,14). The third-order valence-corrected chi connectivity index (χ3v) is 3.39. The summed E-state index contributed by atoms with van der Waals surface area (Å²) in [5.41, 5.74) is 6.85. The Balaban J connectivity index is 2.49. The first-order valence-corrected chi connectivity index (χ1v) is 6.58. The Labute approximate surface area is 99.5 Å². The molecule has 0 saturated heterocycles. The number of anilines is 1. The van der Waals surface area contributed by atoms with Crippen molar-refractivity contribution in [2.45, 2.75) is 13.0 Å². The molecule has 4 N–H and O–H groups in total. The number of nitrogens with one attached hydrogen (secondary N) is 1. The fraction of sp³-hybridized carbons (Fsp3) is 0.300. The van der Waals surface area contributed by atoms with E-state index < -0.39 is 28.2 Å². The molecule has 0 aliphatic carbocycles. The van der Waals surface area contributed by atoms with Crippen LogP contribution in [0.15, 0.2) is 24.3 Å². The normalized spacial score (nSPS) is 11.3. The quantitative estimate of drug-likeness (QED) is 0.630. The molecule has 0 saturated carbocycles. The van der Waals surface area contributed by atoms with Crippen molar-refractivity contribution < 1.29 is 18.3 Å². The minimum absolute atomic E-state index is 0.127. The Bertz CT molecular complexity index is 482. The molecule has 0 spiro atoms. The van der Waals surface area contributed by atoms with E-state index in [1.807, 2.05) is 0 Å².